The summed E-state index contributed by atoms with van der Waals surface area (Å²) in [7, 11) is 0. The van der Waals surface area contributed by atoms with E-state index in [0.29, 0.717) is 12.5 Å². The maximum absolute atomic E-state index is 5.75. The van der Waals surface area contributed by atoms with Crippen LogP contribution < -0.4 is 10.1 Å². The molecule has 0 saturated heterocycles. The van der Waals surface area contributed by atoms with Gasteiger partial charge in [0.15, 0.2) is 0 Å². The van der Waals surface area contributed by atoms with E-state index in [2.05, 4.69) is 40.6 Å². The summed E-state index contributed by atoms with van der Waals surface area (Å²) in [5, 5.41) is 3.38. The average molecular weight is 288 g/mol. The second kappa shape index (κ2) is 7.78. The summed E-state index contributed by atoms with van der Waals surface area (Å²) in [4.78, 5) is 8.53. The predicted molar refractivity (Wildman–Crippen MR) is 83.0 cm³/mol. The van der Waals surface area contributed by atoms with Crippen LogP contribution >= 0.6 is 0 Å². The van der Waals surface area contributed by atoms with E-state index < -0.39 is 0 Å². The van der Waals surface area contributed by atoms with Gasteiger partial charge in [0.25, 0.3) is 0 Å². The highest BCUT2D eigenvalue weighted by Gasteiger charge is 2.02. The summed E-state index contributed by atoms with van der Waals surface area (Å²) in [5.41, 5.74) is 2.10. The van der Waals surface area contributed by atoms with Gasteiger partial charge in [-0.15, -0.1) is 0 Å². The quantitative estimate of drug-likeness (QED) is 0.811. The Morgan fingerprint density at radius 1 is 1.29 bits per heavy atom. The normalized spacial score (nSPS) is 11.0. The molecule has 2 aromatic heterocycles. The molecule has 0 unspecified atom stereocenters. The van der Waals surface area contributed by atoms with Gasteiger partial charge in [0.2, 0.25) is 0 Å². The summed E-state index contributed by atoms with van der Waals surface area (Å²) in [6.07, 6.45) is 5.43. The fraction of sp³-hybridized carbons (Fsp3) is 0.500. The molecule has 2 aromatic rings. The Morgan fingerprint density at radius 2 is 2.14 bits per heavy atom. The van der Waals surface area contributed by atoms with Crippen molar-refractivity contribution < 1.29 is 4.74 Å². The molecule has 0 aromatic carbocycles. The topological polar surface area (TPSA) is 52.0 Å². The molecule has 0 aliphatic carbocycles. The van der Waals surface area contributed by atoms with Crippen LogP contribution in [0.15, 0.2) is 30.9 Å². The highest BCUT2D eigenvalue weighted by Crippen LogP contribution is 2.12. The molecule has 21 heavy (non-hydrogen) atoms. The summed E-state index contributed by atoms with van der Waals surface area (Å²) in [6, 6.07) is 3.96. The SMILES string of the molecule is CCn1cncc1COc1ccc(CNCC(C)C)nc1. The van der Waals surface area contributed by atoms with Gasteiger partial charge in [-0.3, -0.25) is 4.98 Å². The standard InChI is InChI=1S/C16H24N4O/c1-4-20-12-18-9-15(20)11-21-16-6-5-14(19-10-16)8-17-7-13(2)3/h5-6,9-10,12-13,17H,4,7-8,11H2,1-3H3. The summed E-state index contributed by atoms with van der Waals surface area (Å²) in [5.74, 6) is 1.43. The van der Waals surface area contributed by atoms with E-state index in [0.717, 1.165) is 36.8 Å². The maximum Gasteiger partial charge on any atom is 0.138 e. The number of nitrogens with one attached hydrogen (secondary N) is 1. The first-order valence-electron chi connectivity index (χ1n) is 7.46. The number of aromatic nitrogens is 3. The third-order valence-corrected chi connectivity index (χ3v) is 3.18. The molecule has 0 spiro atoms. The van der Waals surface area contributed by atoms with Crippen LogP contribution in [-0.4, -0.2) is 21.1 Å². The third-order valence-electron chi connectivity index (χ3n) is 3.18. The van der Waals surface area contributed by atoms with Crippen molar-refractivity contribution in [1.29, 1.82) is 0 Å². The lowest BCUT2D eigenvalue weighted by molar-refractivity contribution is 0.294. The van der Waals surface area contributed by atoms with Crippen LogP contribution in [0.3, 0.4) is 0 Å². The van der Waals surface area contributed by atoms with E-state index in [-0.39, 0.29) is 0 Å². The molecule has 0 radical (unpaired) electrons. The molecule has 0 saturated carbocycles. The molecule has 2 rings (SSSR count). The lowest BCUT2D eigenvalue weighted by atomic mass is 10.2. The highest BCUT2D eigenvalue weighted by molar-refractivity contribution is 5.20. The van der Waals surface area contributed by atoms with Crippen LogP contribution in [0.25, 0.3) is 0 Å². The van der Waals surface area contributed by atoms with Crippen molar-refractivity contribution >= 4 is 0 Å². The van der Waals surface area contributed by atoms with Crippen LogP contribution in [0, 0.1) is 5.92 Å². The lowest BCUT2D eigenvalue weighted by Gasteiger charge is -2.09. The molecular formula is C16H24N4O. The smallest absolute Gasteiger partial charge is 0.138 e. The molecule has 0 amide bonds. The average Bonchev–Trinajstić information content (AvgIpc) is 2.93. The number of imidazole rings is 1. The van der Waals surface area contributed by atoms with E-state index >= 15 is 0 Å². The molecule has 5 nitrogen and oxygen atoms in total. The summed E-state index contributed by atoms with van der Waals surface area (Å²) >= 11 is 0. The van der Waals surface area contributed by atoms with Gasteiger partial charge in [0.05, 0.1) is 30.1 Å². The van der Waals surface area contributed by atoms with Crippen LogP contribution in [0.4, 0.5) is 0 Å². The number of aryl methyl sites for hydroxylation is 1. The molecular weight excluding hydrogens is 264 g/mol. The predicted octanol–water partition coefficient (Wildman–Crippen LogP) is 2.62. The Morgan fingerprint density at radius 3 is 2.81 bits per heavy atom. The van der Waals surface area contributed by atoms with Crippen LogP contribution in [0.2, 0.25) is 0 Å². The number of hydrogen-bond acceptors (Lipinski definition) is 4. The van der Waals surface area contributed by atoms with E-state index in [9.17, 15) is 0 Å². The minimum atomic E-state index is 0.514. The Balaban J connectivity index is 1.82. The van der Waals surface area contributed by atoms with Crippen LogP contribution in [0.1, 0.15) is 32.2 Å². The van der Waals surface area contributed by atoms with Crippen molar-refractivity contribution in [3.8, 4) is 5.75 Å². The number of nitrogens with zero attached hydrogens (tertiary/aromatic N) is 3. The van der Waals surface area contributed by atoms with Gasteiger partial charge in [0.1, 0.15) is 12.4 Å². The molecule has 0 aliphatic heterocycles. The Labute approximate surface area is 126 Å². The van der Waals surface area contributed by atoms with Crippen molar-refractivity contribution in [3.05, 3.63) is 42.2 Å². The monoisotopic (exact) mass is 288 g/mol. The van der Waals surface area contributed by atoms with Crippen molar-refractivity contribution in [3.63, 3.8) is 0 Å². The van der Waals surface area contributed by atoms with E-state index in [1.54, 1.807) is 6.20 Å². The Bertz CT molecular complexity index is 533. The number of rotatable bonds is 8. The van der Waals surface area contributed by atoms with Gasteiger partial charge in [-0.25, -0.2) is 4.98 Å². The zero-order valence-electron chi connectivity index (χ0n) is 13.0. The summed E-state index contributed by atoms with van der Waals surface area (Å²) < 4.78 is 7.81. The van der Waals surface area contributed by atoms with Gasteiger partial charge in [0, 0.05) is 13.1 Å². The van der Waals surface area contributed by atoms with Crippen LogP contribution in [-0.2, 0) is 19.7 Å². The Kier molecular flexibility index (Phi) is 5.75. The second-order valence-corrected chi connectivity index (χ2v) is 5.47. The highest BCUT2D eigenvalue weighted by atomic mass is 16.5. The van der Waals surface area contributed by atoms with Crippen molar-refractivity contribution in [2.24, 2.45) is 5.92 Å². The zero-order valence-corrected chi connectivity index (χ0v) is 13.0. The van der Waals surface area contributed by atoms with Gasteiger partial charge >= 0.3 is 0 Å². The molecule has 0 fully saturated rings. The largest absolute Gasteiger partial charge is 0.486 e. The first-order valence-corrected chi connectivity index (χ1v) is 7.46. The molecule has 114 valence electrons. The maximum atomic E-state index is 5.75. The molecule has 2 heterocycles. The minimum Gasteiger partial charge on any atom is -0.486 e. The second-order valence-electron chi connectivity index (χ2n) is 5.47. The zero-order chi connectivity index (χ0) is 15.1. The number of ether oxygens (including phenoxy) is 1. The minimum absolute atomic E-state index is 0.514. The van der Waals surface area contributed by atoms with Crippen LogP contribution in [0.5, 0.6) is 5.75 Å². The first kappa shape index (κ1) is 15.5. The van der Waals surface area contributed by atoms with Crippen molar-refractivity contribution in [2.45, 2.75) is 40.5 Å². The Hall–Kier alpha value is -1.88. The molecule has 0 atom stereocenters. The van der Waals surface area contributed by atoms with Gasteiger partial charge < -0.3 is 14.6 Å². The van der Waals surface area contributed by atoms with E-state index in [4.69, 9.17) is 4.74 Å². The third kappa shape index (κ3) is 4.86. The van der Waals surface area contributed by atoms with E-state index in [1.807, 2.05) is 24.7 Å². The molecule has 0 bridgehead atoms. The van der Waals surface area contributed by atoms with E-state index in [1.165, 1.54) is 0 Å². The fourth-order valence-electron chi connectivity index (χ4n) is 2.00. The first-order chi connectivity index (χ1) is 10.2. The van der Waals surface area contributed by atoms with Gasteiger partial charge in [-0.2, -0.15) is 0 Å². The van der Waals surface area contributed by atoms with Crippen molar-refractivity contribution in [1.82, 2.24) is 19.9 Å². The summed E-state index contributed by atoms with van der Waals surface area (Å²) in [6.45, 7) is 9.68. The number of pyridine rings is 1. The van der Waals surface area contributed by atoms with Gasteiger partial charge in [-0.05, 0) is 31.5 Å². The molecule has 1 N–H and O–H groups in total. The van der Waals surface area contributed by atoms with Crippen molar-refractivity contribution in [2.75, 3.05) is 6.54 Å². The molecule has 5 heteroatoms. The lowest BCUT2D eigenvalue weighted by Crippen LogP contribution is -2.19. The fourth-order valence-corrected chi connectivity index (χ4v) is 2.00. The van der Waals surface area contributed by atoms with Gasteiger partial charge in [-0.1, -0.05) is 13.8 Å². The number of hydrogen-bond donors (Lipinski definition) is 1. The molecule has 0 aliphatic rings.